The van der Waals surface area contributed by atoms with Crippen molar-refractivity contribution in [3.63, 3.8) is 0 Å². The Morgan fingerprint density at radius 3 is 2.57 bits per heavy atom. The Kier molecular flexibility index (Phi) is 3.75. The van der Waals surface area contributed by atoms with Gasteiger partial charge in [-0.05, 0) is 48.9 Å². The predicted octanol–water partition coefficient (Wildman–Crippen LogP) is 1.63. The molecule has 0 unspecified atom stereocenters. The van der Waals surface area contributed by atoms with Crippen LogP contribution in [0.15, 0.2) is 23.1 Å². The van der Waals surface area contributed by atoms with Crippen molar-refractivity contribution >= 4 is 22.1 Å². The number of rotatable bonds is 3. The summed E-state index contributed by atoms with van der Waals surface area (Å²) in [6, 6.07) is 5.09. The van der Waals surface area contributed by atoms with Gasteiger partial charge in [0.25, 0.3) is 0 Å². The summed E-state index contributed by atoms with van der Waals surface area (Å²) in [5, 5.41) is 0. The average molecular weight is 308 g/mol. The largest absolute Gasteiger partial charge is 0.314 e. The number of anilines is 1. The van der Waals surface area contributed by atoms with E-state index in [1.54, 1.807) is 27.4 Å². The summed E-state index contributed by atoms with van der Waals surface area (Å²) in [7, 11) is -3.40. The summed E-state index contributed by atoms with van der Waals surface area (Å²) >= 11 is 0. The van der Waals surface area contributed by atoms with Crippen molar-refractivity contribution in [3.8, 4) is 0 Å². The predicted molar refractivity (Wildman–Crippen MR) is 80.7 cm³/mol. The number of carbonyl (C=O) groups excluding carboxylic acids is 1. The number of hydrogen-bond donors (Lipinski definition) is 0. The summed E-state index contributed by atoms with van der Waals surface area (Å²) in [5.41, 5.74) is 1.77. The van der Waals surface area contributed by atoms with E-state index in [4.69, 9.17) is 0 Å². The molecule has 1 aromatic carbocycles. The maximum atomic E-state index is 12.7. The third-order valence-corrected chi connectivity index (χ3v) is 6.38. The topological polar surface area (TPSA) is 57.7 Å². The van der Waals surface area contributed by atoms with E-state index in [1.807, 2.05) is 0 Å². The van der Waals surface area contributed by atoms with Gasteiger partial charge in [-0.25, -0.2) is 8.42 Å². The lowest BCUT2D eigenvalue weighted by Gasteiger charge is -2.29. The van der Waals surface area contributed by atoms with Crippen molar-refractivity contribution in [1.82, 2.24) is 4.31 Å². The number of fused-ring (bicyclic) bond motifs is 1. The van der Waals surface area contributed by atoms with Crippen LogP contribution in [0.3, 0.4) is 0 Å². The first kappa shape index (κ1) is 14.5. The molecule has 0 aromatic heterocycles. The first-order valence-corrected chi connectivity index (χ1v) is 8.81. The lowest BCUT2D eigenvalue weighted by atomic mass is 10.0. The molecule has 2 aliphatic rings. The van der Waals surface area contributed by atoms with Gasteiger partial charge in [-0.3, -0.25) is 4.79 Å². The summed E-state index contributed by atoms with van der Waals surface area (Å²) in [5.74, 6) is 0.595. The molecule has 21 heavy (non-hydrogen) atoms. The third-order valence-electron chi connectivity index (χ3n) is 4.49. The molecule has 0 radical (unpaired) electrons. The molecule has 1 amide bonds. The molecule has 5 nitrogen and oxygen atoms in total. The van der Waals surface area contributed by atoms with Gasteiger partial charge in [0.15, 0.2) is 0 Å². The van der Waals surface area contributed by atoms with Crippen LogP contribution < -0.4 is 4.90 Å². The first-order chi connectivity index (χ1) is 10.0. The summed E-state index contributed by atoms with van der Waals surface area (Å²) < 4.78 is 27.0. The second-order valence-electron chi connectivity index (χ2n) is 5.93. The van der Waals surface area contributed by atoms with Crippen LogP contribution in [0.5, 0.6) is 0 Å². The number of hydrogen-bond acceptors (Lipinski definition) is 3. The molecular formula is C15H20N2O3S. The molecule has 0 N–H and O–H groups in total. The maximum absolute atomic E-state index is 12.7. The van der Waals surface area contributed by atoms with Gasteiger partial charge in [0.1, 0.15) is 0 Å². The van der Waals surface area contributed by atoms with Crippen LogP contribution in [0.1, 0.15) is 25.3 Å². The minimum Gasteiger partial charge on any atom is -0.314 e. The van der Waals surface area contributed by atoms with E-state index < -0.39 is 10.0 Å². The van der Waals surface area contributed by atoms with E-state index in [2.05, 4.69) is 6.92 Å². The molecule has 2 aliphatic heterocycles. The van der Waals surface area contributed by atoms with Gasteiger partial charge < -0.3 is 4.90 Å². The highest BCUT2D eigenvalue weighted by Gasteiger charge is 2.29. The Balaban J connectivity index is 1.88. The number of nitrogens with zero attached hydrogens (tertiary/aromatic N) is 2. The van der Waals surface area contributed by atoms with Gasteiger partial charge in [0.2, 0.25) is 16.4 Å². The Labute approximate surface area is 125 Å². The number of piperidine rings is 1. The fraction of sp³-hybridized carbons (Fsp3) is 0.533. The monoisotopic (exact) mass is 308 g/mol. The highest BCUT2D eigenvalue weighted by Crippen LogP contribution is 2.31. The van der Waals surface area contributed by atoms with Crippen LogP contribution in [-0.2, 0) is 21.2 Å². The second-order valence-corrected chi connectivity index (χ2v) is 7.86. The minimum atomic E-state index is -3.40. The number of carbonyl (C=O) groups is 1. The smallest absolute Gasteiger partial charge is 0.243 e. The van der Waals surface area contributed by atoms with E-state index in [9.17, 15) is 13.2 Å². The van der Waals surface area contributed by atoms with Crippen molar-refractivity contribution in [1.29, 1.82) is 0 Å². The first-order valence-electron chi connectivity index (χ1n) is 7.37. The maximum Gasteiger partial charge on any atom is 0.243 e. The van der Waals surface area contributed by atoms with E-state index in [-0.39, 0.29) is 0 Å². The van der Waals surface area contributed by atoms with Crippen molar-refractivity contribution in [2.75, 3.05) is 24.5 Å². The third kappa shape index (κ3) is 2.58. The number of amides is 1. The van der Waals surface area contributed by atoms with Crippen molar-refractivity contribution < 1.29 is 13.2 Å². The molecule has 0 bridgehead atoms. The van der Waals surface area contributed by atoms with Crippen molar-refractivity contribution in [2.45, 2.75) is 31.1 Å². The minimum absolute atomic E-state index is 0.351. The van der Waals surface area contributed by atoms with Crippen LogP contribution >= 0.6 is 0 Å². The Bertz CT molecular complexity index is 649. The molecule has 1 aromatic rings. The molecule has 1 saturated heterocycles. The zero-order chi connectivity index (χ0) is 15.0. The average Bonchev–Trinajstić information content (AvgIpc) is 2.90. The van der Waals surface area contributed by atoms with Gasteiger partial charge in [0.05, 0.1) is 4.90 Å². The molecule has 1 fully saturated rings. The molecule has 6 heteroatoms. The zero-order valence-electron chi connectivity index (χ0n) is 12.2. The molecule has 0 aliphatic carbocycles. The second kappa shape index (κ2) is 5.42. The Morgan fingerprint density at radius 1 is 1.19 bits per heavy atom. The molecular weight excluding hydrogens is 288 g/mol. The van der Waals surface area contributed by atoms with E-state index in [0.717, 1.165) is 30.5 Å². The molecule has 3 rings (SSSR count). The number of sulfonamides is 1. The van der Waals surface area contributed by atoms with E-state index in [1.165, 1.54) is 0 Å². The van der Waals surface area contributed by atoms with Crippen LogP contribution in [-0.4, -0.2) is 38.8 Å². The highest BCUT2D eigenvalue weighted by molar-refractivity contribution is 7.89. The van der Waals surface area contributed by atoms with Gasteiger partial charge >= 0.3 is 0 Å². The van der Waals surface area contributed by atoms with Gasteiger partial charge in [-0.15, -0.1) is 0 Å². The lowest BCUT2D eigenvalue weighted by Crippen LogP contribution is -2.37. The quantitative estimate of drug-likeness (QED) is 0.797. The van der Waals surface area contributed by atoms with Crippen LogP contribution in [0.2, 0.25) is 0 Å². The normalized spacial score (nSPS) is 20.5. The molecule has 114 valence electrons. The lowest BCUT2D eigenvalue weighted by molar-refractivity contribution is -0.107. The molecule has 0 spiro atoms. The van der Waals surface area contributed by atoms with Crippen LogP contribution in [0.25, 0.3) is 0 Å². The summed E-state index contributed by atoms with van der Waals surface area (Å²) in [4.78, 5) is 12.9. The van der Waals surface area contributed by atoms with E-state index >= 15 is 0 Å². The molecule has 0 saturated carbocycles. The van der Waals surface area contributed by atoms with Gasteiger partial charge in [-0.1, -0.05) is 6.92 Å². The van der Waals surface area contributed by atoms with Crippen molar-refractivity contribution in [3.05, 3.63) is 23.8 Å². The van der Waals surface area contributed by atoms with Crippen LogP contribution in [0.4, 0.5) is 5.69 Å². The fourth-order valence-electron chi connectivity index (χ4n) is 3.05. The van der Waals surface area contributed by atoms with Gasteiger partial charge in [0, 0.05) is 25.3 Å². The molecule has 2 heterocycles. The Morgan fingerprint density at radius 2 is 1.90 bits per heavy atom. The van der Waals surface area contributed by atoms with Gasteiger partial charge in [-0.2, -0.15) is 4.31 Å². The Hall–Kier alpha value is -1.40. The highest BCUT2D eigenvalue weighted by atomic mass is 32.2. The SMILES string of the molecule is CC1CCN(S(=O)(=O)c2ccc3c(c2)CCN3C=O)CC1. The fourth-order valence-corrected chi connectivity index (χ4v) is 4.57. The van der Waals surface area contributed by atoms with Crippen molar-refractivity contribution in [2.24, 2.45) is 5.92 Å². The summed E-state index contributed by atoms with van der Waals surface area (Å²) in [6.07, 6.45) is 3.35. The van der Waals surface area contributed by atoms with E-state index in [0.29, 0.717) is 36.9 Å². The zero-order valence-corrected chi connectivity index (χ0v) is 13.0. The summed E-state index contributed by atoms with van der Waals surface area (Å²) in [6.45, 7) is 3.99. The van der Waals surface area contributed by atoms with Crippen LogP contribution in [0, 0.1) is 5.92 Å². The molecule has 0 atom stereocenters. The number of benzene rings is 1. The standard InChI is InChI=1S/C15H20N2O3S/c1-12-4-8-17(9-5-12)21(19,20)14-2-3-15-13(10-14)6-7-16(15)11-18/h2-3,10-12H,4-9H2,1H3.